The zero-order valence-electron chi connectivity index (χ0n) is 11.0. The van der Waals surface area contributed by atoms with Crippen molar-refractivity contribution in [2.45, 2.75) is 26.4 Å². The number of carbonyl (C=O) groups is 1. The summed E-state index contributed by atoms with van der Waals surface area (Å²) in [5.74, 6) is 1.10. The Balaban J connectivity index is 2.00. The summed E-state index contributed by atoms with van der Waals surface area (Å²) in [5.41, 5.74) is 0. The molecule has 0 N–H and O–H groups in total. The lowest BCUT2D eigenvalue weighted by atomic mass is 10.2. The van der Waals surface area contributed by atoms with Crippen molar-refractivity contribution in [1.82, 2.24) is 4.90 Å². The van der Waals surface area contributed by atoms with E-state index in [9.17, 15) is 4.79 Å². The molecule has 0 saturated carbocycles. The Hall–Kier alpha value is -0.930. The first-order chi connectivity index (χ1) is 8.95. The van der Waals surface area contributed by atoms with Crippen molar-refractivity contribution in [1.29, 1.82) is 0 Å². The van der Waals surface area contributed by atoms with Crippen molar-refractivity contribution in [2.75, 3.05) is 13.1 Å². The zero-order chi connectivity index (χ0) is 14.0. The molecule has 2 atom stereocenters. The molecule has 2 rings (SSSR count). The van der Waals surface area contributed by atoms with Gasteiger partial charge in [0.2, 0.25) is 0 Å². The molecule has 0 spiro atoms. The molecular formula is C14H17Cl2NO2. The number of carbonyl (C=O) groups excluding carboxylic acids is 1. The van der Waals surface area contributed by atoms with Crippen LogP contribution in [-0.2, 0) is 4.79 Å². The number of likely N-dealkylation sites (tertiary alicyclic amines) is 1. The van der Waals surface area contributed by atoms with Crippen molar-refractivity contribution in [3.63, 3.8) is 0 Å². The van der Waals surface area contributed by atoms with E-state index in [4.69, 9.17) is 27.9 Å². The lowest BCUT2D eigenvalue weighted by molar-refractivity contribution is -0.136. The van der Waals surface area contributed by atoms with Gasteiger partial charge in [-0.05, 0) is 37.5 Å². The largest absolute Gasteiger partial charge is 0.481 e. The molecule has 0 aliphatic carbocycles. The van der Waals surface area contributed by atoms with Crippen molar-refractivity contribution in [3.8, 4) is 5.75 Å². The summed E-state index contributed by atoms with van der Waals surface area (Å²) in [7, 11) is 0. The molecule has 0 aromatic heterocycles. The Labute approximate surface area is 123 Å². The van der Waals surface area contributed by atoms with E-state index in [1.54, 1.807) is 25.1 Å². The molecule has 0 bridgehead atoms. The summed E-state index contributed by atoms with van der Waals surface area (Å²) in [6.45, 7) is 5.52. The van der Waals surface area contributed by atoms with Crippen LogP contribution in [0.2, 0.25) is 10.0 Å². The summed E-state index contributed by atoms with van der Waals surface area (Å²) in [6.07, 6.45) is 0.529. The van der Waals surface area contributed by atoms with Crippen LogP contribution in [0, 0.1) is 5.92 Å². The molecule has 104 valence electrons. The zero-order valence-corrected chi connectivity index (χ0v) is 12.5. The van der Waals surface area contributed by atoms with Gasteiger partial charge in [-0.3, -0.25) is 4.79 Å². The third-order valence-corrected chi connectivity index (χ3v) is 3.67. The summed E-state index contributed by atoms with van der Waals surface area (Å²) >= 11 is 11.8. The molecule has 1 aliphatic rings. The molecule has 19 heavy (non-hydrogen) atoms. The van der Waals surface area contributed by atoms with E-state index in [1.807, 2.05) is 4.90 Å². The first-order valence-electron chi connectivity index (χ1n) is 6.37. The van der Waals surface area contributed by atoms with E-state index >= 15 is 0 Å². The Morgan fingerprint density at radius 1 is 1.37 bits per heavy atom. The molecule has 0 radical (unpaired) electrons. The van der Waals surface area contributed by atoms with Crippen molar-refractivity contribution < 1.29 is 9.53 Å². The molecule has 1 fully saturated rings. The van der Waals surface area contributed by atoms with Gasteiger partial charge in [-0.2, -0.15) is 0 Å². The minimum absolute atomic E-state index is 0.0143. The summed E-state index contributed by atoms with van der Waals surface area (Å²) in [5, 5.41) is 0.994. The molecule has 1 amide bonds. The molecule has 2 unspecified atom stereocenters. The lowest BCUT2D eigenvalue weighted by Crippen LogP contribution is -2.39. The smallest absolute Gasteiger partial charge is 0.263 e. The molecule has 3 nitrogen and oxygen atoms in total. The Morgan fingerprint density at radius 3 is 2.53 bits per heavy atom. The highest BCUT2D eigenvalue weighted by Gasteiger charge is 2.27. The molecule has 1 aromatic rings. The number of nitrogens with zero attached hydrogens (tertiary/aromatic N) is 1. The second-order valence-corrected chi connectivity index (χ2v) is 5.92. The van der Waals surface area contributed by atoms with Gasteiger partial charge in [0.15, 0.2) is 6.10 Å². The highest BCUT2D eigenvalue weighted by atomic mass is 35.5. The van der Waals surface area contributed by atoms with Gasteiger partial charge in [-0.25, -0.2) is 0 Å². The normalized spacial score (nSPS) is 20.4. The number of amides is 1. The average molecular weight is 302 g/mol. The molecular weight excluding hydrogens is 285 g/mol. The Morgan fingerprint density at radius 2 is 2.00 bits per heavy atom. The topological polar surface area (TPSA) is 29.5 Å². The van der Waals surface area contributed by atoms with Crippen LogP contribution in [0.25, 0.3) is 0 Å². The Kier molecular flexibility index (Phi) is 4.58. The van der Waals surface area contributed by atoms with E-state index in [0.29, 0.717) is 21.7 Å². The number of hydrogen-bond acceptors (Lipinski definition) is 2. The maximum absolute atomic E-state index is 12.2. The summed E-state index contributed by atoms with van der Waals surface area (Å²) < 4.78 is 5.63. The maximum Gasteiger partial charge on any atom is 0.263 e. The van der Waals surface area contributed by atoms with Gasteiger partial charge in [0, 0.05) is 23.1 Å². The molecule has 1 saturated heterocycles. The maximum atomic E-state index is 12.2. The minimum Gasteiger partial charge on any atom is -0.481 e. The second-order valence-electron chi connectivity index (χ2n) is 5.04. The van der Waals surface area contributed by atoms with Crippen LogP contribution < -0.4 is 4.74 Å². The van der Waals surface area contributed by atoms with E-state index in [0.717, 1.165) is 19.5 Å². The van der Waals surface area contributed by atoms with Crippen molar-refractivity contribution >= 4 is 29.1 Å². The summed E-state index contributed by atoms with van der Waals surface area (Å²) in [6, 6.07) is 4.94. The first-order valence-corrected chi connectivity index (χ1v) is 7.13. The van der Waals surface area contributed by atoms with Crippen LogP contribution in [-0.4, -0.2) is 30.0 Å². The molecule has 5 heteroatoms. The number of halogens is 2. The lowest BCUT2D eigenvalue weighted by Gasteiger charge is -2.21. The fourth-order valence-corrected chi connectivity index (χ4v) is 2.75. The van der Waals surface area contributed by atoms with E-state index in [1.165, 1.54) is 0 Å². The monoisotopic (exact) mass is 301 g/mol. The van der Waals surface area contributed by atoms with Gasteiger partial charge >= 0.3 is 0 Å². The molecule has 1 heterocycles. The standard InChI is InChI=1S/C14H17Cl2NO2/c1-9-3-4-17(8-9)14(18)10(2)19-13-6-11(15)5-12(16)7-13/h5-7,9-10H,3-4,8H2,1-2H3. The fourth-order valence-electron chi connectivity index (χ4n) is 2.24. The SMILES string of the molecule is CC1CCN(C(=O)C(C)Oc2cc(Cl)cc(Cl)c2)C1. The van der Waals surface area contributed by atoms with Gasteiger partial charge in [0.05, 0.1) is 0 Å². The number of ether oxygens (including phenoxy) is 1. The van der Waals surface area contributed by atoms with Crippen LogP contribution in [0.4, 0.5) is 0 Å². The van der Waals surface area contributed by atoms with Crippen LogP contribution in [0.5, 0.6) is 5.75 Å². The van der Waals surface area contributed by atoms with Gasteiger partial charge < -0.3 is 9.64 Å². The second kappa shape index (κ2) is 6.02. The van der Waals surface area contributed by atoms with Crippen molar-refractivity contribution in [2.24, 2.45) is 5.92 Å². The highest BCUT2D eigenvalue weighted by Crippen LogP contribution is 2.25. The predicted molar refractivity (Wildman–Crippen MR) is 76.9 cm³/mol. The number of benzene rings is 1. The van der Waals surface area contributed by atoms with Crippen LogP contribution >= 0.6 is 23.2 Å². The van der Waals surface area contributed by atoms with E-state index in [2.05, 4.69) is 6.92 Å². The first kappa shape index (κ1) is 14.5. The number of rotatable bonds is 3. The molecule has 1 aromatic carbocycles. The number of hydrogen-bond donors (Lipinski definition) is 0. The highest BCUT2D eigenvalue weighted by molar-refractivity contribution is 6.34. The third kappa shape index (κ3) is 3.77. The van der Waals surface area contributed by atoms with Crippen molar-refractivity contribution in [3.05, 3.63) is 28.2 Å². The van der Waals surface area contributed by atoms with Crippen LogP contribution in [0.15, 0.2) is 18.2 Å². The van der Waals surface area contributed by atoms with Gasteiger partial charge in [0.1, 0.15) is 5.75 Å². The van der Waals surface area contributed by atoms with Gasteiger partial charge in [0.25, 0.3) is 5.91 Å². The minimum atomic E-state index is -0.528. The fraction of sp³-hybridized carbons (Fsp3) is 0.500. The van der Waals surface area contributed by atoms with Gasteiger partial charge in [-0.1, -0.05) is 30.1 Å². The third-order valence-electron chi connectivity index (χ3n) is 3.23. The quantitative estimate of drug-likeness (QED) is 0.853. The average Bonchev–Trinajstić information content (AvgIpc) is 2.73. The van der Waals surface area contributed by atoms with Crippen LogP contribution in [0.3, 0.4) is 0 Å². The Bertz CT molecular complexity index is 458. The van der Waals surface area contributed by atoms with E-state index in [-0.39, 0.29) is 5.91 Å². The predicted octanol–water partition coefficient (Wildman–Crippen LogP) is 3.63. The molecule has 1 aliphatic heterocycles. The summed E-state index contributed by atoms with van der Waals surface area (Å²) in [4.78, 5) is 14.0. The van der Waals surface area contributed by atoms with E-state index < -0.39 is 6.10 Å². The van der Waals surface area contributed by atoms with Gasteiger partial charge in [-0.15, -0.1) is 0 Å². The van der Waals surface area contributed by atoms with Crippen LogP contribution in [0.1, 0.15) is 20.3 Å².